The summed E-state index contributed by atoms with van der Waals surface area (Å²) in [6.07, 6.45) is 5.86. The minimum absolute atomic E-state index is 0. The second-order valence-electron chi connectivity index (χ2n) is 5.79. The van der Waals surface area contributed by atoms with E-state index in [2.05, 4.69) is 14.9 Å². The number of aromatic hydroxyl groups is 1. The molecule has 0 radical (unpaired) electrons. The molecule has 11 heteroatoms. The Labute approximate surface area is 194 Å². The van der Waals surface area contributed by atoms with Gasteiger partial charge >= 0.3 is 0 Å². The fourth-order valence-corrected chi connectivity index (χ4v) is 2.41. The molecule has 0 spiro atoms. The predicted molar refractivity (Wildman–Crippen MR) is 124 cm³/mol. The molecular weight excluding hydrogens is 446 g/mol. The molecule has 0 aliphatic carbocycles. The van der Waals surface area contributed by atoms with E-state index in [0.717, 1.165) is 7.11 Å². The highest BCUT2D eigenvalue weighted by Crippen LogP contribution is 2.18. The van der Waals surface area contributed by atoms with E-state index in [1.165, 1.54) is 38.2 Å². The second-order valence-corrected chi connectivity index (χ2v) is 5.79. The number of aliphatic hydroxyl groups excluding tert-OH is 1. The van der Waals surface area contributed by atoms with Crippen LogP contribution in [0.2, 0.25) is 0 Å². The number of ketones is 1. The number of aromatic nitrogens is 2. The third-order valence-corrected chi connectivity index (χ3v) is 3.81. The normalized spacial score (nSPS) is 8.94. The number of aldehydes is 1. The van der Waals surface area contributed by atoms with Gasteiger partial charge in [-0.05, 0) is 24.3 Å². The van der Waals surface area contributed by atoms with Crippen LogP contribution in [0.4, 0.5) is 0 Å². The molecule has 2 aromatic carbocycles. The lowest BCUT2D eigenvalue weighted by Gasteiger charge is -2.01. The van der Waals surface area contributed by atoms with E-state index in [9.17, 15) is 19.5 Å². The van der Waals surface area contributed by atoms with Crippen LogP contribution in [0.3, 0.4) is 0 Å². The molecule has 0 fully saturated rings. The largest absolute Gasteiger partial charge is 0.507 e. The van der Waals surface area contributed by atoms with Crippen molar-refractivity contribution < 1.29 is 34.4 Å². The van der Waals surface area contributed by atoms with Crippen molar-refractivity contribution in [1.29, 1.82) is 0 Å². The summed E-state index contributed by atoms with van der Waals surface area (Å²) in [4.78, 5) is 44.5. The number of carbonyl (C=O) groups is 2. The summed E-state index contributed by atoms with van der Waals surface area (Å²) >= 11 is 0. The fourth-order valence-electron chi connectivity index (χ4n) is 2.41. The first kappa shape index (κ1) is 29.7. The van der Waals surface area contributed by atoms with E-state index >= 15 is 0 Å². The summed E-state index contributed by atoms with van der Waals surface area (Å²) in [7, 11) is 2.18. The first-order chi connectivity index (χ1) is 16.0. The monoisotopic (exact) mass is 471 g/mol. The molecule has 0 saturated carbocycles. The molecule has 11 nitrogen and oxygen atoms in total. The quantitative estimate of drug-likeness (QED) is 0.148. The summed E-state index contributed by atoms with van der Waals surface area (Å²) in [6.45, 7) is 0. The number of fused-ring (bicyclic) bond motifs is 1. The molecule has 0 unspecified atom stereocenters. The fraction of sp³-hybridized carbons (Fsp3) is 0.0870. The van der Waals surface area contributed by atoms with Gasteiger partial charge < -0.3 is 20.8 Å². The number of hydrogen-bond acceptors (Lipinski definition) is 11. The lowest BCUT2D eigenvalue weighted by atomic mass is 10.1. The van der Waals surface area contributed by atoms with Gasteiger partial charge in [0.1, 0.15) is 23.9 Å². The van der Waals surface area contributed by atoms with Crippen LogP contribution in [0.1, 0.15) is 26.3 Å². The summed E-state index contributed by atoms with van der Waals surface area (Å²) < 4.78 is 5.08. The van der Waals surface area contributed by atoms with Crippen LogP contribution in [0.25, 0.3) is 11.0 Å². The van der Waals surface area contributed by atoms with E-state index in [1.54, 1.807) is 42.5 Å². The van der Waals surface area contributed by atoms with Crippen molar-refractivity contribution in [2.45, 2.75) is 0 Å². The highest BCUT2D eigenvalue weighted by molar-refractivity contribution is 6.10. The number of para-hydroxylation sites is 2. The second kappa shape index (κ2) is 16.4. The van der Waals surface area contributed by atoms with Crippen molar-refractivity contribution in [3.8, 4) is 5.75 Å². The van der Waals surface area contributed by atoms with Gasteiger partial charge in [-0.1, -0.05) is 24.3 Å². The first-order valence-electron chi connectivity index (χ1n) is 9.19. The molecule has 0 aliphatic rings. The number of rotatable bonds is 3. The van der Waals surface area contributed by atoms with E-state index < -0.39 is 0 Å². The summed E-state index contributed by atoms with van der Waals surface area (Å²) in [6, 6.07) is 13.2. The minimum atomic E-state index is -0.284. The molecule has 4 aromatic rings. The lowest BCUT2D eigenvalue weighted by molar-refractivity contribution is -0.214. The third-order valence-electron chi connectivity index (χ3n) is 3.81. The summed E-state index contributed by atoms with van der Waals surface area (Å²) in [5, 5.41) is 24.0. The third kappa shape index (κ3) is 8.33. The van der Waals surface area contributed by atoms with Crippen LogP contribution in [0.15, 0.2) is 82.7 Å². The maximum Gasteiger partial charge on any atom is 0.203 e. The van der Waals surface area contributed by atoms with Gasteiger partial charge in [-0.3, -0.25) is 19.6 Å². The highest BCUT2D eigenvalue weighted by atomic mass is 17.1. The van der Waals surface area contributed by atoms with Gasteiger partial charge in [-0.2, -0.15) is 0 Å². The number of hydrogen-bond donors (Lipinski definition) is 4. The van der Waals surface area contributed by atoms with E-state index in [4.69, 9.17) is 14.8 Å². The Balaban J connectivity index is 0.000000529. The predicted octanol–water partition coefficient (Wildman–Crippen LogP) is 2.90. The molecule has 0 bridgehead atoms. The van der Waals surface area contributed by atoms with Gasteiger partial charge in [0, 0.05) is 19.5 Å². The highest BCUT2D eigenvalue weighted by Gasteiger charge is 2.12. The Morgan fingerprint density at radius 2 is 1.59 bits per heavy atom. The summed E-state index contributed by atoms with van der Waals surface area (Å²) in [5.74, 6) is -0.319. The van der Waals surface area contributed by atoms with Crippen molar-refractivity contribution in [3.05, 3.63) is 100 Å². The molecule has 180 valence electrons. The Morgan fingerprint density at radius 1 is 1.03 bits per heavy atom. The van der Waals surface area contributed by atoms with Crippen LogP contribution in [-0.2, 0) is 4.89 Å². The molecule has 6 N–H and O–H groups in total. The lowest BCUT2D eigenvalue weighted by Crippen LogP contribution is -2.06. The van der Waals surface area contributed by atoms with Crippen molar-refractivity contribution >= 4 is 23.0 Å². The maximum absolute atomic E-state index is 11.8. The SMILES string of the molecule is CO.COO.N.O=C(c1cncnc1)c1ccccc1O.O=Cc1coc2ccccc2c1=O. The van der Waals surface area contributed by atoms with Crippen molar-refractivity contribution in [1.82, 2.24) is 16.1 Å². The van der Waals surface area contributed by atoms with Gasteiger partial charge in [0.05, 0.1) is 29.2 Å². The molecule has 4 rings (SSSR count). The van der Waals surface area contributed by atoms with E-state index in [-0.39, 0.29) is 34.2 Å². The van der Waals surface area contributed by atoms with Crippen molar-refractivity contribution in [3.63, 3.8) is 0 Å². The first-order valence-corrected chi connectivity index (χ1v) is 9.19. The van der Waals surface area contributed by atoms with Gasteiger partial charge in [0.25, 0.3) is 0 Å². The number of phenolic OH excluding ortho intramolecular Hbond substituents is 1. The average molecular weight is 471 g/mol. The Hall–Kier alpha value is -4.29. The van der Waals surface area contributed by atoms with Gasteiger partial charge in [-0.15, -0.1) is 0 Å². The zero-order valence-electron chi connectivity index (χ0n) is 18.5. The zero-order chi connectivity index (χ0) is 24.6. The number of phenols is 1. The van der Waals surface area contributed by atoms with E-state index in [0.29, 0.717) is 22.8 Å². The van der Waals surface area contributed by atoms with Crippen LogP contribution < -0.4 is 11.6 Å². The van der Waals surface area contributed by atoms with Crippen LogP contribution in [0, 0.1) is 0 Å². The Kier molecular flexibility index (Phi) is 14.3. The molecular formula is C23H25N3O8. The Morgan fingerprint density at radius 3 is 2.18 bits per heavy atom. The molecule has 2 heterocycles. The van der Waals surface area contributed by atoms with Crippen LogP contribution in [0.5, 0.6) is 5.75 Å². The van der Waals surface area contributed by atoms with Gasteiger partial charge in [-0.25, -0.2) is 14.9 Å². The molecule has 34 heavy (non-hydrogen) atoms. The molecule has 0 saturated heterocycles. The Bertz CT molecular complexity index is 1210. The molecule has 0 amide bonds. The number of aliphatic hydroxyl groups is 1. The smallest absolute Gasteiger partial charge is 0.203 e. The zero-order valence-corrected chi connectivity index (χ0v) is 18.5. The van der Waals surface area contributed by atoms with Crippen molar-refractivity contribution in [2.24, 2.45) is 0 Å². The standard InChI is InChI=1S/C11H8N2O2.C10H6O3.CH4O2.CH4O.H3N/c14-10-4-2-1-3-9(10)11(15)8-5-12-7-13-6-8;11-5-7-6-13-9-4-2-1-3-8(9)10(7)12;1-3-2;1-2;/h1-7,14H;1-6H;2H,1H3;2H,1H3;1H3. The molecule has 0 atom stereocenters. The molecule has 0 aliphatic heterocycles. The van der Waals surface area contributed by atoms with Gasteiger partial charge in [0.15, 0.2) is 12.1 Å². The number of nitrogens with zero attached hydrogens (tertiary/aromatic N) is 2. The van der Waals surface area contributed by atoms with Crippen molar-refractivity contribution in [2.75, 3.05) is 14.2 Å². The minimum Gasteiger partial charge on any atom is -0.507 e. The van der Waals surface area contributed by atoms with Crippen LogP contribution >= 0.6 is 0 Å². The maximum atomic E-state index is 11.8. The molecule has 2 aromatic heterocycles. The summed E-state index contributed by atoms with van der Waals surface area (Å²) in [5.41, 5.74) is 0.889. The van der Waals surface area contributed by atoms with E-state index in [1.807, 2.05) is 0 Å². The van der Waals surface area contributed by atoms with Gasteiger partial charge in [0.2, 0.25) is 5.43 Å². The topological polar surface area (TPSA) is 195 Å². The average Bonchev–Trinajstić information content (AvgIpc) is 2.87. The number of carbonyl (C=O) groups excluding carboxylic acids is 2. The van der Waals surface area contributed by atoms with Crippen LogP contribution in [-0.4, -0.2) is 51.7 Å². The number of benzene rings is 2.